The molecule has 6 nitrogen and oxygen atoms in total. The third kappa shape index (κ3) is 5.80. The van der Waals surface area contributed by atoms with E-state index in [9.17, 15) is 13.2 Å². The van der Waals surface area contributed by atoms with Gasteiger partial charge >= 0.3 is 0 Å². The topological polar surface area (TPSA) is 78.5 Å². The van der Waals surface area contributed by atoms with Crippen molar-refractivity contribution in [2.45, 2.75) is 25.2 Å². The fraction of sp³-hybridized carbons (Fsp3) is 0.350. The van der Waals surface area contributed by atoms with Crippen molar-refractivity contribution in [1.29, 1.82) is 0 Å². The minimum absolute atomic E-state index is 0.0741. The normalized spacial score (nSPS) is 11.2. The lowest BCUT2D eigenvalue weighted by molar-refractivity contribution is -0.120. The van der Waals surface area contributed by atoms with E-state index in [-0.39, 0.29) is 23.8 Å². The first-order valence-corrected chi connectivity index (χ1v) is 10.4. The Morgan fingerprint density at radius 1 is 0.926 bits per heavy atom. The Bertz CT molecular complexity index is 847. The summed E-state index contributed by atoms with van der Waals surface area (Å²) in [6.07, 6.45) is 0.0860. The molecule has 27 heavy (non-hydrogen) atoms. The first-order chi connectivity index (χ1) is 12.8. The maximum absolute atomic E-state index is 13.2. The summed E-state index contributed by atoms with van der Waals surface area (Å²) in [5.74, 6) is -0.179. The van der Waals surface area contributed by atoms with E-state index in [1.807, 2.05) is 26.0 Å². The van der Waals surface area contributed by atoms with Crippen LogP contribution in [0.2, 0.25) is 0 Å². The summed E-state index contributed by atoms with van der Waals surface area (Å²) in [5, 5.41) is 5.72. The summed E-state index contributed by atoms with van der Waals surface area (Å²) in [4.78, 5) is 12.3. The summed E-state index contributed by atoms with van der Waals surface area (Å²) in [6, 6.07) is 14.0. The van der Waals surface area contributed by atoms with Crippen LogP contribution in [0.25, 0.3) is 0 Å². The molecular weight excluding hydrogens is 362 g/mol. The second kappa shape index (κ2) is 9.53. The summed E-state index contributed by atoms with van der Waals surface area (Å²) < 4.78 is 27.7. The van der Waals surface area contributed by atoms with Crippen LogP contribution in [0, 0.1) is 13.8 Å². The predicted molar refractivity (Wildman–Crippen MR) is 108 cm³/mol. The lowest BCUT2D eigenvalue weighted by Gasteiger charge is -2.24. The Hall–Kier alpha value is -2.38. The molecule has 1 amide bonds. The van der Waals surface area contributed by atoms with Crippen LogP contribution in [0.4, 0.5) is 5.69 Å². The van der Waals surface area contributed by atoms with Crippen molar-refractivity contribution in [3.8, 4) is 0 Å². The van der Waals surface area contributed by atoms with Crippen LogP contribution in [0.3, 0.4) is 0 Å². The van der Waals surface area contributed by atoms with Gasteiger partial charge < -0.3 is 10.6 Å². The van der Waals surface area contributed by atoms with Crippen LogP contribution in [0.15, 0.2) is 53.4 Å². The summed E-state index contributed by atoms with van der Waals surface area (Å²) in [5.41, 5.74) is 2.57. The molecule has 0 unspecified atom stereocenters. The number of benzene rings is 2. The Labute approximate surface area is 161 Å². The molecule has 0 aromatic heterocycles. The predicted octanol–water partition coefficient (Wildman–Crippen LogP) is 2.22. The Balaban J connectivity index is 2.25. The third-order valence-electron chi connectivity index (χ3n) is 4.17. The minimum Gasteiger partial charge on any atom is -0.355 e. The van der Waals surface area contributed by atoms with Crippen LogP contribution in [-0.4, -0.2) is 41.0 Å². The van der Waals surface area contributed by atoms with E-state index in [2.05, 4.69) is 10.6 Å². The van der Waals surface area contributed by atoms with E-state index in [0.29, 0.717) is 18.8 Å². The molecule has 0 aliphatic carbocycles. The number of anilines is 1. The molecule has 0 saturated heterocycles. The van der Waals surface area contributed by atoms with Crippen molar-refractivity contribution in [1.82, 2.24) is 10.6 Å². The van der Waals surface area contributed by atoms with E-state index in [1.165, 1.54) is 4.31 Å². The van der Waals surface area contributed by atoms with Crippen molar-refractivity contribution in [3.63, 3.8) is 0 Å². The molecule has 0 bridgehead atoms. The molecule has 0 saturated carbocycles. The van der Waals surface area contributed by atoms with Gasteiger partial charge in [-0.1, -0.05) is 35.4 Å². The smallest absolute Gasteiger partial charge is 0.264 e. The highest BCUT2D eigenvalue weighted by atomic mass is 32.2. The first-order valence-electron chi connectivity index (χ1n) is 8.92. The van der Waals surface area contributed by atoms with Crippen LogP contribution >= 0.6 is 0 Å². The molecule has 7 heteroatoms. The molecule has 2 aromatic rings. The Morgan fingerprint density at radius 2 is 1.48 bits per heavy atom. The molecule has 0 radical (unpaired) electrons. The number of rotatable bonds is 9. The molecule has 0 atom stereocenters. The maximum atomic E-state index is 13.2. The summed E-state index contributed by atoms with van der Waals surface area (Å²) in [7, 11) is -1.96. The van der Waals surface area contributed by atoms with Crippen molar-refractivity contribution >= 4 is 21.6 Å². The van der Waals surface area contributed by atoms with Gasteiger partial charge in [0, 0.05) is 26.1 Å². The molecule has 146 valence electrons. The fourth-order valence-electron chi connectivity index (χ4n) is 2.55. The van der Waals surface area contributed by atoms with Gasteiger partial charge in [0.25, 0.3) is 10.0 Å². The standard InChI is InChI=1S/C20H27N3O3S/c1-16-4-8-18(9-5-16)23(15-12-20(24)22-14-13-21-3)27(25,26)19-10-6-17(2)7-11-19/h4-11,21H,12-15H2,1-3H3,(H,22,24). The second-order valence-electron chi connectivity index (χ2n) is 6.43. The van der Waals surface area contributed by atoms with Crippen molar-refractivity contribution in [2.24, 2.45) is 0 Å². The van der Waals surface area contributed by atoms with Crippen molar-refractivity contribution in [2.75, 3.05) is 31.0 Å². The number of amides is 1. The van der Waals surface area contributed by atoms with E-state index in [4.69, 9.17) is 0 Å². The number of aryl methyl sites for hydroxylation is 2. The zero-order chi connectivity index (χ0) is 19.9. The average molecular weight is 390 g/mol. The van der Waals surface area contributed by atoms with E-state index in [1.54, 1.807) is 43.4 Å². The summed E-state index contributed by atoms with van der Waals surface area (Å²) in [6.45, 7) is 5.09. The molecule has 2 N–H and O–H groups in total. The highest BCUT2D eigenvalue weighted by molar-refractivity contribution is 7.92. The fourth-order valence-corrected chi connectivity index (χ4v) is 4.02. The number of likely N-dealkylation sites (N-methyl/N-ethyl adjacent to an activating group) is 1. The van der Waals surface area contributed by atoms with E-state index in [0.717, 1.165) is 11.1 Å². The maximum Gasteiger partial charge on any atom is 0.264 e. The van der Waals surface area contributed by atoms with Crippen LogP contribution in [0.1, 0.15) is 17.5 Å². The number of carbonyl (C=O) groups excluding carboxylic acids is 1. The summed E-state index contributed by atoms with van der Waals surface area (Å²) >= 11 is 0. The van der Waals surface area contributed by atoms with Gasteiger partial charge in [0.15, 0.2) is 0 Å². The van der Waals surface area contributed by atoms with Gasteiger partial charge in [0.05, 0.1) is 10.6 Å². The lowest BCUT2D eigenvalue weighted by Crippen LogP contribution is -2.36. The van der Waals surface area contributed by atoms with Gasteiger partial charge in [-0.2, -0.15) is 0 Å². The van der Waals surface area contributed by atoms with Gasteiger partial charge in [-0.15, -0.1) is 0 Å². The van der Waals surface area contributed by atoms with Crippen LogP contribution in [-0.2, 0) is 14.8 Å². The third-order valence-corrected chi connectivity index (χ3v) is 6.01. The lowest BCUT2D eigenvalue weighted by atomic mass is 10.2. The largest absolute Gasteiger partial charge is 0.355 e. The molecular formula is C20H27N3O3S. The van der Waals surface area contributed by atoms with Crippen LogP contribution < -0.4 is 14.9 Å². The van der Waals surface area contributed by atoms with Crippen molar-refractivity contribution < 1.29 is 13.2 Å². The monoisotopic (exact) mass is 389 g/mol. The molecule has 0 aliphatic heterocycles. The number of nitrogens with zero attached hydrogens (tertiary/aromatic N) is 1. The highest BCUT2D eigenvalue weighted by Crippen LogP contribution is 2.24. The Kier molecular flexibility index (Phi) is 7.38. The van der Waals surface area contributed by atoms with Gasteiger partial charge in [-0.25, -0.2) is 8.42 Å². The van der Waals surface area contributed by atoms with Crippen molar-refractivity contribution in [3.05, 3.63) is 59.7 Å². The minimum atomic E-state index is -3.76. The highest BCUT2D eigenvalue weighted by Gasteiger charge is 2.25. The second-order valence-corrected chi connectivity index (χ2v) is 8.29. The van der Waals surface area contributed by atoms with Gasteiger partial charge in [-0.3, -0.25) is 9.10 Å². The van der Waals surface area contributed by atoms with Gasteiger partial charge in [0.2, 0.25) is 5.91 Å². The Morgan fingerprint density at radius 3 is 2.04 bits per heavy atom. The van der Waals surface area contributed by atoms with Crippen LogP contribution in [0.5, 0.6) is 0 Å². The molecule has 0 spiro atoms. The van der Waals surface area contributed by atoms with Gasteiger partial charge in [0.1, 0.15) is 0 Å². The molecule has 0 aliphatic rings. The average Bonchev–Trinajstić information content (AvgIpc) is 2.64. The van der Waals surface area contributed by atoms with Gasteiger partial charge in [-0.05, 0) is 45.2 Å². The number of carbonyl (C=O) groups is 1. The molecule has 0 heterocycles. The van der Waals surface area contributed by atoms with E-state index < -0.39 is 10.0 Å². The zero-order valence-electron chi connectivity index (χ0n) is 16.0. The molecule has 2 aromatic carbocycles. The quantitative estimate of drug-likeness (QED) is 0.645. The number of nitrogens with one attached hydrogen (secondary N) is 2. The number of sulfonamides is 1. The SMILES string of the molecule is CNCCNC(=O)CCN(c1ccc(C)cc1)S(=O)(=O)c1ccc(C)cc1. The zero-order valence-corrected chi connectivity index (χ0v) is 16.8. The molecule has 2 rings (SSSR count). The first kappa shape index (κ1) is 20.9. The van der Waals surface area contributed by atoms with E-state index >= 15 is 0 Å². The molecule has 0 fully saturated rings. The number of hydrogen-bond acceptors (Lipinski definition) is 4. The number of hydrogen-bond donors (Lipinski definition) is 2.